The van der Waals surface area contributed by atoms with E-state index in [1.54, 1.807) is 6.20 Å². The van der Waals surface area contributed by atoms with Crippen LogP contribution in [-0.2, 0) is 13.1 Å². The van der Waals surface area contributed by atoms with E-state index in [9.17, 15) is 4.79 Å². The van der Waals surface area contributed by atoms with E-state index in [4.69, 9.17) is 5.10 Å². The minimum atomic E-state index is -0.251. The predicted octanol–water partition coefficient (Wildman–Crippen LogP) is 5.44. The second-order valence-corrected chi connectivity index (χ2v) is 7.72. The summed E-state index contributed by atoms with van der Waals surface area (Å²) in [5.41, 5.74) is 6.47. The SMILES string of the molecule is CCn1cc(-c2ccnc3[nH]ccc23)c(-c2cccc(NC(=O)NCc3ccccc3)c2)n1. The summed E-state index contributed by atoms with van der Waals surface area (Å²) in [4.78, 5) is 20.0. The van der Waals surface area contributed by atoms with Crippen LogP contribution in [0.3, 0.4) is 0 Å². The van der Waals surface area contributed by atoms with E-state index in [0.717, 1.165) is 45.5 Å². The van der Waals surface area contributed by atoms with Gasteiger partial charge in [0, 0.05) is 53.9 Å². The van der Waals surface area contributed by atoms with Crippen molar-refractivity contribution < 1.29 is 4.79 Å². The normalized spacial score (nSPS) is 10.9. The third kappa shape index (κ3) is 4.34. The van der Waals surface area contributed by atoms with Crippen molar-refractivity contribution in [3.8, 4) is 22.4 Å². The summed E-state index contributed by atoms with van der Waals surface area (Å²) in [6, 6.07) is 21.4. The summed E-state index contributed by atoms with van der Waals surface area (Å²) in [6.07, 6.45) is 5.75. The van der Waals surface area contributed by atoms with Crippen molar-refractivity contribution in [2.45, 2.75) is 20.0 Å². The van der Waals surface area contributed by atoms with Gasteiger partial charge in [0.25, 0.3) is 0 Å². The van der Waals surface area contributed by atoms with Crippen molar-refractivity contribution in [3.63, 3.8) is 0 Å². The second-order valence-electron chi connectivity index (χ2n) is 7.72. The molecular formula is C26H24N6O. The number of hydrogen-bond acceptors (Lipinski definition) is 3. The predicted molar refractivity (Wildman–Crippen MR) is 131 cm³/mol. The molecule has 33 heavy (non-hydrogen) atoms. The standard InChI is InChI=1S/C26H24N6O/c1-2-32-17-23(21-11-13-27-25-22(21)12-14-28-25)24(31-32)19-9-6-10-20(15-19)30-26(33)29-16-18-7-4-3-5-8-18/h3-15,17H,2,16H2,1H3,(H,27,28)(H2,29,30,33). The fourth-order valence-electron chi connectivity index (χ4n) is 3.89. The minimum absolute atomic E-state index is 0.251. The highest BCUT2D eigenvalue weighted by Gasteiger charge is 2.16. The molecular weight excluding hydrogens is 412 g/mol. The largest absolute Gasteiger partial charge is 0.346 e. The Hall–Kier alpha value is -4.39. The third-order valence-corrected chi connectivity index (χ3v) is 5.53. The fourth-order valence-corrected chi connectivity index (χ4v) is 3.89. The number of carbonyl (C=O) groups is 1. The van der Waals surface area contributed by atoms with E-state index in [0.29, 0.717) is 12.2 Å². The lowest BCUT2D eigenvalue weighted by Gasteiger charge is -2.10. The van der Waals surface area contributed by atoms with E-state index >= 15 is 0 Å². The number of amides is 2. The Balaban J connectivity index is 1.42. The van der Waals surface area contributed by atoms with Crippen LogP contribution in [0.5, 0.6) is 0 Å². The fraction of sp³-hybridized carbons (Fsp3) is 0.115. The Morgan fingerprint density at radius 2 is 1.91 bits per heavy atom. The van der Waals surface area contributed by atoms with Crippen LogP contribution >= 0.6 is 0 Å². The molecule has 0 radical (unpaired) electrons. The van der Waals surface area contributed by atoms with Crippen molar-refractivity contribution in [3.05, 3.63) is 90.9 Å². The second kappa shape index (κ2) is 9.00. The summed E-state index contributed by atoms with van der Waals surface area (Å²) in [6.45, 7) is 3.29. The van der Waals surface area contributed by atoms with Crippen molar-refractivity contribution in [2.24, 2.45) is 0 Å². The molecule has 0 atom stereocenters. The molecule has 7 nitrogen and oxygen atoms in total. The Labute approximate surface area is 191 Å². The molecule has 0 bridgehead atoms. The zero-order valence-electron chi connectivity index (χ0n) is 18.2. The molecule has 0 unspecified atom stereocenters. The lowest BCUT2D eigenvalue weighted by atomic mass is 10.00. The maximum Gasteiger partial charge on any atom is 0.319 e. The number of aromatic amines is 1. The Morgan fingerprint density at radius 1 is 1.03 bits per heavy atom. The molecule has 0 saturated carbocycles. The third-order valence-electron chi connectivity index (χ3n) is 5.53. The Morgan fingerprint density at radius 3 is 2.76 bits per heavy atom. The van der Waals surface area contributed by atoms with E-state index in [2.05, 4.69) is 33.7 Å². The van der Waals surface area contributed by atoms with E-state index < -0.39 is 0 Å². The van der Waals surface area contributed by atoms with Gasteiger partial charge >= 0.3 is 6.03 Å². The Kier molecular flexibility index (Phi) is 5.59. The first-order chi connectivity index (χ1) is 16.2. The summed E-state index contributed by atoms with van der Waals surface area (Å²) in [5, 5.41) is 11.7. The number of carbonyl (C=O) groups excluding carboxylic acids is 1. The molecule has 2 aromatic carbocycles. The van der Waals surface area contributed by atoms with Crippen LogP contribution in [0, 0.1) is 0 Å². The molecule has 7 heteroatoms. The van der Waals surface area contributed by atoms with Gasteiger partial charge in [-0.15, -0.1) is 0 Å². The molecule has 0 fully saturated rings. The number of nitrogens with zero attached hydrogens (tertiary/aromatic N) is 3. The maximum atomic E-state index is 12.4. The molecule has 5 rings (SSSR count). The first-order valence-electron chi connectivity index (χ1n) is 10.9. The molecule has 5 aromatic rings. The molecule has 3 heterocycles. The number of nitrogens with one attached hydrogen (secondary N) is 3. The summed E-state index contributed by atoms with van der Waals surface area (Å²) >= 11 is 0. The smallest absolute Gasteiger partial charge is 0.319 e. The number of aromatic nitrogens is 4. The van der Waals surface area contributed by atoms with Crippen LogP contribution in [0.4, 0.5) is 10.5 Å². The molecule has 3 N–H and O–H groups in total. The number of H-pyrrole nitrogens is 1. The van der Waals surface area contributed by atoms with Crippen LogP contribution in [0.2, 0.25) is 0 Å². The number of anilines is 1. The highest BCUT2D eigenvalue weighted by molar-refractivity contribution is 5.97. The van der Waals surface area contributed by atoms with Crippen LogP contribution in [0.25, 0.3) is 33.4 Å². The number of rotatable bonds is 6. The van der Waals surface area contributed by atoms with Crippen LogP contribution in [0.1, 0.15) is 12.5 Å². The molecule has 0 spiro atoms. The van der Waals surface area contributed by atoms with Gasteiger partial charge in [0.1, 0.15) is 11.3 Å². The number of benzene rings is 2. The molecule has 0 aliphatic carbocycles. The highest BCUT2D eigenvalue weighted by Crippen LogP contribution is 2.35. The quantitative estimate of drug-likeness (QED) is 0.331. The molecule has 164 valence electrons. The van der Waals surface area contributed by atoms with Gasteiger partial charge < -0.3 is 15.6 Å². The number of fused-ring (bicyclic) bond motifs is 1. The highest BCUT2D eigenvalue weighted by atomic mass is 16.2. The molecule has 0 aliphatic rings. The van der Waals surface area contributed by atoms with Crippen molar-refractivity contribution in [2.75, 3.05) is 5.32 Å². The maximum absolute atomic E-state index is 12.4. The van der Waals surface area contributed by atoms with Crippen molar-refractivity contribution in [1.82, 2.24) is 25.1 Å². The van der Waals surface area contributed by atoms with Gasteiger partial charge in [-0.1, -0.05) is 42.5 Å². The van der Waals surface area contributed by atoms with Crippen molar-refractivity contribution in [1.29, 1.82) is 0 Å². The van der Waals surface area contributed by atoms with E-state index in [1.807, 2.05) is 77.6 Å². The van der Waals surface area contributed by atoms with Gasteiger partial charge in [-0.25, -0.2) is 9.78 Å². The molecule has 0 aliphatic heterocycles. The van der Waals surface area contributed by atoms with Gasteiger partial charge in [0.15, 0.2) is 0 Å². The molecule has 0 saturated heterocycles. The summed E-state index contributed by atoms with van der Waals surface area (Å²) in [5.74, 6) is 0. The zero-order chi connectivity index (χ0) is 22.6. The average Bonchev–Trinajstić information content (AvgIpc) is 3.51. The van der Waals surface area contributed by atoms with Gasteiger partial charge in [-0.05, 0) is 42.3 Å². The summed E-state index contributed by atoms with van der Waals surface area (Å²) < 4.78 is 1.93. The monoisotopic (exact) mass is 436 g/mol. The lowest BCUT2D eigenvalue weighted by molar-refractivity contribution is 0.251. The van der Waals surface area contributed by atoms with Crippen molar-refractivity contribution >= 4 is 22.8 Å². The number of aryl methyl sites for hydroxylation is 1. The van der Waals surface area contributed by atoms with Crippen LogP contribution in [-0.4, -0.2) is 25.8 Å². The number of hydrogen-bond donors (Lipinski definition) is 3. The van der Waals surface area contributed by atoms with Crippen LogP contribution < -0.4 is 10.6 Å². The average molecular weight is 437 g/mol. The van der Waals surface area contributed by atoms with Gasteiger partial charge in [-0.2, -0.15) is 5.10 Å². The topological polar surface area (TPSA) is 87.6 Å². The van der Waals surface area contributed by atoms with Gasteiger partial charge in [0.05, 0.1) is 0 Å². The molecule has 3 aromatic heterocycles. The number of pyridine rings is 1. The van der Waals surface area contributed by atoms with E-state index in [1.165, 1.54) is 0 Å². The summed E-state index contributed by atoms with van der Waals surface area (Å²) in [7, 11) is 0. The zero-order valence-corrected chi connectivity index (χ0v) is 18.2. The lowest BCUT2D eigenvalue weighted by Crippen LogP contribution is -2.28. The number of urea groups is 1. The molecule has 2 amide bonds. The Bertz CT molecular complexity index is 1400. The van der Waals surface area contributed by atoms with Gasteiger partial charge in [-0.3, -0.25) is 4.68 Å². The van der Waals surface area contributed by atoms with Crippen LogP contribution in [0.15, 0.2) is 85.3 Å². The van der Waals surface area contributed by atoms with Gasteiger partial charge in [0.2, 0.25) is 0 Å². The first-order valence-corrected chi connectivity index (χ1v) is 10.9. The first kappa shape index (κ1) is 20.5. The minimum Gasteiger partial charge on any atom is -0.346 e. The van der Waals surface area contributed by atoms with E-state index in [-0.39, 0.29) is 6.03 Å².